The van der Waals surface area contributed by atoms with Gasteiger partial charge in [0.05, 0.1) is 24.2 Å². The van der Waals surface area contributed by atoms with E-state index in [0.29, 0.717) is 11.0 Å². The summed E-state index contributed by atoms with van der Waals surface area (Å²) < 4.78 is 28.2. The van der Waals surface area contributed by atoms with Crippen molar-refractivity contribution in [2.24, 2.45) is 0 Å². The van der Waals surface area contributed by atoms with Gasteiger partial charge in [0.2, 0.25) is 0 Å². The Labute approximate surface area is 111 Å². The molecular weight excluding hydrogens is 269 g/mol. The van der Waals surface area contributed by atoms with Gasteiger partial charge in [-0.05, 0) is 19.9 Å². The average molecular weight is 285 g/mol. The predicted molar refractivity (Wildman–Crippen MR) is 70.7 cm³/mol. The summed E-state index contributed by atoms with van der Waals surface area (Å²) in [6.45, 7) is 4.13. The van der Waals surface area contributed by atoms with Gasteiger partial charge in [-0.15, -0.1) is 0 Å². The van der Waals surface area contributed by atoms with Crippen LogP contribution in [0.3, 0.4) is 0 Å². The molecule has 0 unspecified atom stereocenters. The lowest BCUT2D eigenvalue weighted by Gasteiger charge is -2.24. The maximum Gasteiger partial charge on any atom is 0.411 e. The first-order valence-corrected chi connectivity index (χ1v) is 7.60. The van der Waals surface area contributed by atoms with E-state index in [1.807, 2.05) is 0 Å². The second-order valence-corrected chi connectivity index (χ2v) is 5.84. The molecule has 1 aromatic carbocycles. The first kappa shape index (κ1) is 14.1. The van der Waals surface area contributed by atoms with Crippen molar-refractivity contribution in [3.05, 3.63) is 23.8 Å². The molecule has 0 bridgehead atoms. The molecule has 2 rings (SSSR count). The summed E-state index contributed by atoms with van der Waals surface area (Å²) in [4.78, 5) is 11.3. The third kappa shape index (κ3) is 2.81. The van der Waals surface area contributed by atoms with Crippen LogP contribution in [-0.4, -0.2) is 19.3 Å². The molecule has 7 heteroatoms. The zero-order valence-electron chi connectivity index (χ0n) is 10.8. The molecule has 0 atom stereocenters. The fourth-order valence-electron chi connectivity index (χ4n) is 1.88. The fourth-order valence-corrected chi connectivity index (χ4v) is 3.65. The maximum absolute atomic E-state index is 12.8. The number of amides is 1. The van der Waals surface area contributed by atoms with Crippen molar-refractivity contribution in [2.75, 3.05) is 18.5 Å². The van der Waals surface area contributed by atoms with Gasteiger partial charge in [0.15, 0.2) is 0 Å². The number of benzene rings is 1. The number of rotatable bonds is 5. The van der Waals surface area contributed by atoms with E-state index in [2.05, 4.69) is 5.32 Å². The Kier molecular flexibility index (Phi) is 4.24. The van der Waals surface area contributed by atoms with Crippen LogP contribution < -0.4 is 10.6 Å². The molecule has 0 radical (unpaired) electrons. The third-order valence-corrected chi connectivity index (χ3v) is 4.77. The highest BCUT2D eigenvalue weighted by Gasteiger charge is 2.33. The van der Waals surface area contributed by atoms with Crippen molar-refractivity contribution >= 4 is 24.7 Å². The molecule has 0 aromatic heterocycles. The van der Waals surface area contributed by atoms with Crippen LogP contribution >= 0.6 is 7.60 Å². The quantitative estimate of drug-likeness (QED) is 0.842. The molecule has 104 valence electrons. The molecule has 1 amide bonds. The number of ether oxygens (including phenoxy) is 1. The van der Waals surface area contributed by atoms with Crippen molar-refractivity contribution < 1.29 is 23.1 Å². The van der Waals surface area contributed by atoms with Crippen LogP contribution in [0, 0.1) is 0 Å². The number of fused-ring (bicyclic) bond motifs is 1. The number of carbonyl (C=O) groups excluding carboxylic acids is 1. The van der Waals surface area contributed by atoms with Gasteiger partial charge in [0, 0.05) is 5.56 Å². The van der Waals surface area contributed by atoms with E-state index in [9.17, 15) is 9.36 Å². The van der Waals surface area contributed by atoms with Crippen molar-refractivity contribution in [3.63, 3.8) is 0 Å². The van der Waals surface area contributed by atoms with Crippen LogP contribution in [0.5, 0.6) is 0 Å². The van der Waals surface area contributed by atoms with Crippen molar-refractivity contribution in [3.8, 4) is 0 Å². The van der Waals surface area contributed by atoms with E-state index < -0.39 is 13.7 Å². The molecule has 0 saturated carbocycles. The number of hydrogen-bond donors (Lipinski definition) is 1. The number of anilines is 1. The first-order chi connectivity index (χ1) is 9.10. The summed E-state index contributed by atoms with van der Waals surface area (Å²) in [5, 5.41) is 2.92. The second kappa shape index (κ2) is 5.74. The van der Waals surface area contributed by atoms with Crippen molar-refractivity contribution in [1.29, 1.82) is 0 Å². The molecule has 0 spiro atoms. The zero-order valence-corrected chi connectivity index (χ0v) is 11.7. The number of nitrogens with one attached hydrogen (secondary N) is 1. The van der Waals surface area contributed by atoms with Gasteiger partial charge >= 0.3 is 13.7 Å². The minimum Gasteiger partial charge on any atom is -0.444 e. The molecule has 19 heavy (non-hydrogen) atoms. The summed E-state index contributed by atoms with van der Waals surface area (Å²) in [6.07, 6.45) is -0.570. The highest BCUT2D eigenvalue weighted by Crippen LogP contribution is 2.49. The smallest absolute Gasteiger partial charge is 0.411 e. The van der Waals surface area contributed by atoms with Gasteiger partial charge < -0.3 is 13.8 Å². The third-order valence-electron chi connectivity index (χ3n) is 2.61. The minimum atomic E-state index is -3.43. The van der Waals surface area contributed by atoms with Crippen LogP contribution in [0.2, 0.25) is 0 Å². The summed E-state index contributed by atoms with van der Waals surface area (Å²) >= 11 is 0. The fraction of sp³-hybridized carbons (Fsp3) is 0.417. The maximum atomic E-state index is 12.8. The minimum absolute atomic E-state index is 0.146. The highest BCUT2D eigenvalue weighted by molar-refractivity contribution is 7.62. The van der Waals surface area contributed by atoms with E-state index in [4.69, 9.17) is 13.8 Å². The predicted octanol–water partition coefficient (Wildman–Crippen LogP) is 2.64. The SMILES string of the molecule is CCOP(=O)(OCC)c1cccc2c1NC(=O)OC2. The number of hydrogen-bond acceptors (Lipinski definition) is 5. The Balaban J connectivity index is 2.49. The lowest BCUT2D eigenvalue weighted by Crippen LogP contribution is -2.27. The Bertz CT molecular complexity index is 521. The van der Waals surface area contributed by atoms with E-state index in [1.165, 1.54) is 0 Å². The lowest BCUT2D eigenvalue weighted by molar-refractivity contribution is 0.151. The summed E-state index contributed by atoms with van der Waals surface area (Å²) in [7, 11) is -3.43. The van der Waals surface area contributed by atoms with Crippen molar-refractivity contribution in [1.82, 2.24) is 0 Å². The first-order valence-electron chi connectivity index (χ1n) is 6.06. The molecule has 0 saturated heterocycles. The molecule has 1 heterocycles. The molecule has 1 aliphatic rings. The van der Waals surface area contributed by atoms with E-state index in [0.717, 1.165) is 5.56 Å². The zero-order chi connectivity index (χ0) is 13.9. The number of carbonyl (C=O) groups is 1. The second-order valence-electron chi connectivity index (χ2n) is 3.85. The molecule has 6 nitrogen and oxygen atoms in total. The van der Waals surface area contributed by atoms with Gasteiger partial charge in [-0.3, -0.25) is 9.88 Å². The molecule has 1 N–H and O–H groups in total. The van der Waals surface area contributed by atoms with Crippen LogP contribution in [0.15, 0.2) is 18.2 Å². The van der Waals surface area contributed by atoms with Gasteiger partial charge in [-0.25, -0.2) is 4.79 Å². The molecule has 0 aliphatic carbocycles. The molecule has 0 fully saturated rings. The normalized spacial score (nSPS) is 14.5. The van der Waals surface area contributed by atoms with Crippen LogP contribution in [0.25, 0.3) is 0 Å². The molecule has 1 aliphatic heterocycles. The Hall–Kier alpha value is -1.36. The highest BCUT2D eigenvalue weighted by atomic mass is 31.2. The molecule has 1 aromatic rings. The summed E-state index contributed by atoms with van der Waals surface area (Å²) in [5.41, 5.74) is 1.21. The summed E-state index contributed by atoms with van der Waals surface area (Å²) in [5.74, 6) is 0. The number of para-hydroxylation sites is 1. The van der Waals surface area contributed by atoms with Crippen molar-refractivity contribution in [2.45, 2.75) is 20.5 Å². The van der Waals surface area contributed by atoms with Crippen LogP contribution in [0.4, 0.5) is 10.5 Å². The average Bonchev–Trinajstić information content (AvgIpc) is 2.38. The largest absolute Gasteiger partial charge is 0.444 e. The van der Waals surface area contributed by atoms with Gasteiger partial charge in [-0.2, -0.15) is 0 Å². The van der Waals surface area contributed by atoms with Crippen LogP contribution in [0.1, 0.15) is 19.4 Å². The number of cyclic esters (lactones) is 1. The van der Waals surface area contributed by atoms with E-state index >= 15 is 0 Å². The van der Waals surface area contributed by atoms with E-state index in [-0.39, 0.29) is 19.8 Å². The van der Waals surface area contributed by atoms with Gasteiger partial charge in [0.1, 0.15) is 6.61 Å². The van der Waals surface area contributed by atoms with E-state index in [1.54, 1.807) is 32.0 Å². The van der Waals surface area contributed by atoms with Gasteiger partial charge in [0.25, 0.3) is 0 Å². The Morgan fingerprint density at radius 3 is 2.63 bits per heavy atom. The standard InChI is InChI=1S/C12H16NO5P/c1-3-17-19(15,18-4-2)10-7-5-6-9-8-16-12(14)13-11(9)10/h5-7H,3-4,8H2,1-2H3,(H,13,14). The topological polar surface area (TPSA) is 73.9 Å². The molecular formula is C12H16NO5P. The van der Waals surface area contributed by atoms with Crippen LogP contribution in [-0.2, 0) is 25.0 Å². The Morgan fingerprint density at radius 1 is 1.32 bits per heavy atom. The van der Waals surface area contributed by atoms with Gasteiger partial charge in [-0.1, -0.05) is 12.1 Å². The Morgan fingerprint density at radius 2 is 2.00 bits per heavy atom. The monoisotopic (exact) mass is 285 g/mol. The summed E-state index contributed by atoms with van der Waals surface area (Å²) in [6, 6.07) is 5.16. The lowest BCUT2D eigenvalue weighted by atomic mass is 10.2.